The molecular formula is C17H27N3O3. The van der Waals surface area contributed by atoms with Gasteiger partial charge in [0.05, 0.1) is 14.2 Å². The Morgan fingerprint density at radius 3 is 2.61 bits per heavy atom. The van der Waals surface area contributed by atoms with Crippen molar-refractivity contribution in [3.8, 4) is 11.5 Å². The van der Waals surface area contributed by atoms with Crippen molar-refractivity contribution in [2.45, 2.75) is 25.8 Å². The van der Waals surface area contributed by atoms with E-state index in [1.54, 1.807) is 14.2 Å². The van der Waals surface area contributed by atoms with Crippen LogP contribution in [0.25, 0.3) is 0 Å². The maximum absolute atomic E-state index is 11.9. The second-order valence-electron chi connectivity index (χ2n) is 5.66. The van der Waals surface area contributed by atoms with Gasteiger partial charge in [0.2, 0.25) is 0 Å². The van der Waals surface area contributed by atoms with Gasteiger partial charge in [-0.3, -0.25) is 0 Å². The minimum atomic E-state index is -0.160. The number of benzene rings is 1. The molecule has 1 aliphatic rings. The van der Waals surface area contributed by atoms with Crippen LogP contribution in [0.4, 0.5) is 4.79 Å². The molecule has 23 heavy (non-hydrogen) atoms. The molecule has 1 fully saturated rings. The molecule has 0 radical (unpaired) electrons. The molecule has 1 saturated heterocycles. The number of hydrogen-bond donors (Lipinski definition) is 2. The van der Waals surface area contributed by atoms with Crippen molar-refractivity contribution in [3.05, 3.63) is 23.8 Å². The standard InChI is InChI=1S/C17H27N3O3/c1-22-15-8-6-7-14(16(15)23-2)13-19-17(21)18-9-12-20-10-4-3-5-11-20/h6-8H,3-5,9-13H2,1-2H3,(H2,18,19,21). The number of rotatable bonds is 7. The largest absolute Gasteiger partial charge is 0.493 e. The number of ether oxygens (including phenoxy) is 2. The maximum atomic E-state index is 11.9. The Morgan fingerprint density at radius 2 is 1.91 bits per heavy atom. The van der Waals surface area contributed by atoms with E-state index in [2.05, 4.69) is 15.5 Å². The minimum absolute atomic E-state index is 0.160. The van der Waals surface area contributed by atoms with Crippen LogP contribution >= 0.6 is 0 Å². The lowest BCUT2D eigenvalue weighted by molar-refractivity contribution is 0.220. The van der Waals surface area contributed by atoms with Crippen molar-refractivity contribution in [1.82, 2.24) is 15.5 Å². The molecule has 0 aliphatic carbocycles. The van der Waals surface area contributed by atoms with Gasteiger partial charge in [-0.25, -0.2) is 4.79 Å². The van der Waals surface area contributed by atoms with Crippen LogP contribution in [0.3, 0.4) is 0 Å². The van der Waals surface area contributed by atoms with Crippen LogP contribution in [0.2, 0.25) is 0 Å². The molecule has 2 rings (SSSR count). The van der Waals surface area contributed by atoms with Crippen molar-refractivity contribution in [3.63, 3.8) is 0 Å². The topological polar surface area (TPSA) is 62.8 Å². The van der Waals surface area contributed by atoms with Gasteiger partial charge >= 0.3 is 6.03 Å². The molecule has 1 aliphatic heterocycles. The molecule has 0 aromatic heterocycles. The fourth-order valence-electron chi connectivity index (χ4n) is 2.84. The quantitative estimate of drug-likeness (QED) is 0.806. The first kappa shape index (κ1) is 17.4. The molecule has 2 amide bonds. The summed E-state index contributed by atoms with van der Waals surface area (Å²) < 4.78 is 10.6. The number of methoxy groups -OCH3 is 2. The summed E-state index contributed by atoms with van der Waals surface area (Å²) >= 11 is 0. The van der Waals surface area contributed by atoms with Crippen LogP contribution in [0.5, 0.6) is 11.5 Å². The number of carbonyl (C=O) groups excluding carboxylic acids is 1. The minimum Gasteiger partial charge on any atom is -0.493 e. The van der Waals surface area contributed by atoms with Gasteiger partial charge in [-0.2, -0.15) is 0 Å². The summed E-state index contributed by atoms with van der Waals surface area (Å²) in [6.07, 6.45) is 3.86. The van der Waals surface area contributed by atoms with Gasteiger partial charge in [0.1, 0.15) is 0 Å². The molecule has 6 heteroatoms. The summed E-state index contributed by atoms with van der Waals surface area (Å²) in [5, 5.41) is 5.76. The van der Waals surface area contributed by atoms with Crippen LogP contribution in [0.15, 0.2) is 18.2 Å². The third kappa shape index (κ3) is 5.32. The number of amides is 2. The van der Waals surface area contributed by atoms with E-state index >= 15 is 0 Å². The monoisotopic (exact) mass is 321 g/mol. The van der Waals surface area contributed by atoms with Crippen molar-refractivity contribution < 1.29 is 14.3 Å². The molecule has 1 aromatic carbocycles. The number of likely N-dealkylation sites (tertiary alicyclic amines) is 1. The summed E-state index contributed by atoms with van der Waals surface area (Å²) in [7, 11) is 3.20. The van der Waals surface area contributed by atoms with Crippen LogP contribution in [-0.4, -0.2) is 51.3 Å². The van der Waals surface area contributed by atoms with E-state index in [0.29, 0.717) is 24.6 Å². The second kappa shape index (κ2) is 9.25. The lowest BCUT2D eigenvalue weighted by atomic mass is 10.1. The SMILES string of the molecule is COc1cccc(CNC(=O)NCCN2CCCCC2)c1OC. The lowest BCUT2D eigenvalue weighted by Gasteiger charge is -2.26. The molecule has 1 aromatic rings. The molecule has 128 valence electrons. The number of nitrogens with one attached hydrogen (secondary N) is 2. The molecule has 0 unspecified atom stereocenters. The highest BCUT2D eigenvalue weighted by Gasteiger charge is 2.11. The average molecular weight is 321 g/mol. The zero-order chi connectivity index (χ0) is 16.5. The van der Waals surface area contributed by atoms with Gasteiger partial charge in [0.15, 0.2) is 11.5 Å². The molecular weight excluding hydrogens is 294 g/mol. The zero-order valence-electron chi connectivity index (χ0n) is 14.1. The number of para-hydroxylation sites is 1. The molecule has 6 nitrogen and oxygen atoms in total. The normalized spacial score (nSPS) is 15.0. The number of carbonyl (C=O) groups is 1. The van der Waals surface area contributed by atoms with Crippen LogP contribution < -0.4 is 20.1 Å². The van der Waals surface area contributed by atoms with Crippen molar-refractivity contribution >= 4 is 6.03 Å². The maximum Gasteiger partial charge on any atom is 0.315 e. The predicted octanol–water partition coefficient (Wildman–Crippen LogP) is 1.99. The summed E-state index contributed by atoms with van der Waals surface area (Å²) in [5.41, 5.74) is 0.887. The highest BCUT2D eigenvalue weighted by molar-refractivity contribution is 5.74. The smallest absolute Gasteiger partial charge is 0.315 e. The Balaban J connectivity index is 1.73. The Bertz CT molecular complexity index is 502. The van der Waals surface area contributed by atoms with Crippen molar-refractivity contribution in [1.29, 1.82) is 0 Å². The molecule has 1 heterocycles. The van der Waals surface area contributed by atoms with Crippen LogP contribution in [0, 0.1) is 0 Å². The summed E-state index contributed by atoms with van der Waals surface area (Å²) in [6.45, 7) is 4.27. The highest BCUT2D eigenvalue weighted by Crippen LogP contribution is 2.30. The van der Waals surface area contributed by atoms with Crippen molar-refractivity contribution in [2.24, 2.45) is 0 Å². The zero-order valence-corrected chi connectivity index (χ0v) is 14.1. The number of piperidine rings is 1. The Morgan fingerprint density at radius 1 is 1.13 bits per heavy atom. The van der Waals surface area contributed by atoms with E-state index in [4.69, 9.17) is 9.47 Å². The van der Waals surface area contributed by atoms with Gasteiger partial charge in [0.25, 0.3) is 0 Å². The molecule has 0 bridgehead atoms. The van der Waals surface area contributed by atoms with E-state index < -0.39 is 0 Å². The van der Waals surface area contributed by atoms with Gasteiger partial charge in [-0.1, -0.05) is 18.6 Å². The Hall–Kier alpha value is -1.95. The van der Waals surface area contributed by atoms with Gasteiger partial charge in [-0.05, 0) is 32.0 Å². The Kier molecular flexibility index (Phi) is 7.00. The summed E-state index contributed by atoms with van der Waals surface area (Å²) in [6, 6.07) is 5.47. The average Bonchev–Trinajstić information content (AvgIpc) is 2.60. The van der Waals surface area contributed by atoms with Gasteiger partial charge in [0, 0.05) is 25.2 Å². The second-order valence-corrected chi connectivity index (χ2v) is 5.66. The molecule has 0 saturated carbocycles. The Labute approximate surface area is 138 Å². The van der Waals surface area contributed by atoms with Crippen molar-refractivity contribution in [2.75, 3.05) is 40.4 Å². The van der Waals surface area contributed by atoms with Crippen LogP contribution in [0.1, 0.15) is 24.8 Å². The predicted molar refractivity (Wildman–Crippen MR) is 90.1 cm³/mol. The lowest BCUT2D eigenvalue weighted by Crippen LogP contribution is -2.41. The third-order valence-electron chi connectivity index (χ3n) is 4.09. The molecule has 0 spiro atoms. The summed E-state index contributed by atoms with van der Waals surface area (Å²) in [5.74, 6) is 1.32. The first-order valence-corrected chi connectivity index (χ1v) is 8.18. The van der Waals surface area contributed by atoms with E-state index in [1.807, 2.05) is 18.2 Å². The van der Waals surface area contributed by atoms with E-state index in [1.165, 1.54) is 19.3 Å². The van der Waals surface area contributed by atoms with E-state index in [-0.39, 0.29) is 6.03 Å². The third-order valence-corrected chi connectivity index (χ3v) is 4.09. The number of nitrogens with zero attached hydrogens (tertiary/aromatic N) is 1. The van der Waals surface area contributed by atoms with E-state index in [0.717, 1.165) is 25.2 Å². The first-order chi connectivity index (χ1) is 11.2. The van der Waals surface area contributed by atoms with E-state index in [9.17, 15) is 4.79 Å². The first-order valence-electron chi connectivity index (χ1n) is 8.18. The molecule has 0 atom stereocenters. The number of urea groups is 1. The molecule has 2 N–H and O–H groups in total. The fraction of sp³-hybridized carbons (Fsp3) is 0.588. The fourth-order valence-corrected chi connectivity index (χ4v) is 2.84. The van der Waals surface area contributed by atoms with Crippen LogP contribution in [-0.2, 0) is 6.54 Å². The number of hydrogen-bond acceptors (Lipinski definition) is 4. The highest BCUT2D eigenvalue weighted by atomic mass is 16.5. The van der Waals surface area contributed by atoms with Gasteiger partial charge in [-0.15, -0.1) is 0 Å². The summed E-state index contributed by atoms with van der Waals surface area (Å²) in [4.78, 5) is 14.3. The van der Waals surface area contributed by atoms with Gasteiger partial charge < -0.3 is 25.0 Å².